The fourth-order valence-electron chi connectivity index (χ4n) is 6.87. The van der Waals surface area contributed by atoms with E-state index in [9.17, 15) is 14.9 Å². The maximum absolute atomic E-state index is 15.3. The van der Waals surface area contributed by atoms with E-state index in [1.54, 1.807) is 36.7 Å². The molecular formula is C44H35ClF2N8O7. The van der Waals surface area contributed by atoms with Crippen molar-refractivity contribution in [3.8, 4) is 63.4 Å². The zero-order chi connectivity index (χ0) is 43.7. The zero-order valence-electron chi connectivity index (χ0n) is 33.5. The monoisotopic (exact) mass is 860 g/mol. The maximum atomic E-state index is 15.3. The van der Waals surface area contributed by atoms with Gasteiger partial charge in [0.05, 0.1) is 47.2 Å². The maximum Gasteiger partial charge on any atom is 0.313 e. The number of benzene rings is 3. The van der Waals surface area contributed by atoms with E-state index in [4.69, 9.17) is 34.9 Å². The molecule has 0 unspecified atom stereocenters. The predicted octanol–water partition coefficient (Wildman–Crippen LogP) is 9.49. The van der Waals surface area contributed by atoms with E-state index in [0.29, 0.717) is 55.7 Å². The molecule has 3 aromatic carbocycles. The highest BCUT2D eigenvalue weighted by molar-refractivity contribution is 6.32. The number of pyridine rings is 1. The van der Waals surface area contributed by atoms with E-state index < -0.39 is 23.6 Å². The lowest BCUT2D eigenvalue weighted by molar-refractivity contribution is -0.159. The summed E-state index contributed by atoms with van der Waals surface area (Å²) >= 11 is 6.34. The van der Waals surface area contributed by atoms with Gasteiger partial charge in [-0.25, -0.2) is 13.8 Å². The SMILES string of the molecule is CC(C)Oc1ccc(-c2nc(-c3ccc(F)c4c(CCC(=O)OC(=O)CCc5c[nH]c6c(-c7noc(-c8cnc(OC(C)C)c(Cl)c8)n7)ccc(F)c56)c[nH]c34)no2)cc1C#N. The van der Waals surface area contributed by atoms with Gasteiger partial charge >= 0.3 is 11.9 Å². The Hall–Kier alpha value is -7.45. The fraction of sp³-hybridized carbons (Fsp3) is 0.227. The highest BCUT2D eigenvalue weighted by Crippen LogP contribution is 2.35. The van der Waals surface area contributed by atoms with Crippen molar-refractivity contribution in [1.82, 2.24) is 35.2 Å². The number of halogens is 3. The number of aromatic amines is 2. The van der Waals surface area contributed by atoms with Crippen molar-refractivity contribution in [3.05, 3.63) is 100 Å². The van der Waals surface area contributed by atoms with Crippen LogP contribution >= 0.6 is 11.6 Å². The van der Waals surface area contributed by atoms with Crippen LogP contribution in [0.5, 0.6) is 11.6 Å². The molecule has 0 bridgehead atoms. The number of hydrogen-bond acceptors (Lipinski definition) is 13. The molecule has 0 aliphatic rings. The molecule has 0 atom stereocenters. The second-order valence-electron chi connectivity index (χ2n) is 14.7. The third kappa shape index (κ3) is 8.45. The van der Waals surface area contributed by atoms with E-state index in [-0.39, 0.29) is 83.0 Å². The Morgan fingerprint density at radius 3 is 1.84 bits per heavy atom. The Kier molecular flexibility index (Phi) is 11.5. The number of carbonyl (C=O) groups is 2. The quantitative estimate of drug-likeness (QED) is 0.0772. The molecule has 8 rings (SSSR count). The first kappa shape index (κ1) is 41.3. The summed E-state index contributed by atoms with van der Waals surface area (Å²) in [5.41, 5.74) is 3.79. The van der Waals surface area contributed by atoms with Crippen molar-refractivity contribution in [3.63, 3.8) is 0 Å². The largest absolute Gasteiger partial charge is 0.490 e. The number of esters is 2. The Balaban J connectivity index is 0.902. The van der Waals surface area contributed by atoms with Crippen molar-refractivity contribution >= 4 is 45.3 Å². The summed E-state index contributed by atoms with van der Waals surface area (Å²) in [6.07, 6.45) is 3.98. The van der Waals surface area contributed by atoms with Gasteiger partial charge in [0.2, 0.25) is 17.5 Å². The van der Waals surface area contributed by atoms with Crippen LogP contribution in [0.15, 0.2) is 76.2 Å². The molecule has 0 spiro atoms. The van der Waals surface area contributed by atoms with Gasteiger partial charge in [-0.15, -0.1) is 0 Å². The number of fused-ring (bicyclic) bond motifs is 2. The summed E-state index contributed by atoms with van der Waals surface area (Å²) in [6, 6.07) is 14.1. The van der Waals surface area contributed by atoms with Gasteiger partial charge < -0.3 is 33.2 Å². The Morgan fingerprint density at radius 1 is 0.774 bits per heavy atom. The molecule has 5 aromatic heterocycles. The van der Waals surface area contributed by atoms with Gasteiger partial charge in [-0.1, -0.05) is 21.9 Å². The standard InChI is InChI=1S/C44H35ClF2N8O7/c1-21(2)58-33-12-5-23(15-26(33)17-48)42-52-40(54-61-42)28-8-10-31(46)36-24(18-49-38(28)36)6-13-34(56)60-35(57)14-7-25-19-50-39-29(9-11-32(47)37(25)39)41-53-43(62-55-41)27-16-30(45)44(51-20-27)59-22(3)4/h5,8-12,15-16,18-22,49-50H,6-7,13-14H2,1-4H3. The van der Waals surface area contributed by atoms with Crippen molar-refractivity contribution < 1.29 is 41.6 Å². The lowest BCUT2D eigenvalue weighted by Crippen LogP contribution is -2.13. The molecule has 314 valence electrons. The lowest BCUT2D eigenvalue weighted by Gasteiger charge is -2.11. The van der Waals surface area contributed by atoms with Crippen molar-refractivity contribution in [2.75, 3.05) is 0 Å². The van der Waals surface area contributed by atoms with E-state index >= 15 is 8.78 Å². The predicted molar refractivity (Wildman–Crippen MR) is 221 cm³/mol. The van der Waals surface area contributed by atoms with Crippen LogP contribution in [0.1, 0.15) is 57.2 Å². The first-order chi connectivity index (χ1) is 29.9. The minimum absolute atomic E-state index is 0.0430. The molecule has 8 aromatic rings. The Labute approximate surface area is 356 Å². The number of rotatable bonds is 14. The second-order valence-corrected chi connectivity index (χ2v) is 15.1. The summed E-state index contributed by atoms with van der Waals surface area (Å²) < 4.78 is 57.8. The number of ether oxygens (including phenoxy) is 3. The number of aromatic nitrogens is 7. The van der Waals surface area contributed by atoms with Crippen LogP contribution in [0, 0.1) is 23.0 Å². The minimum atomic E-state index is -0.816. The topological polar surface area (TPSA) is 208 Å². The number of carbonyl (C=O) groups excluding carboxylic acids is 2. The normalized spacial score (nSPS) is 11.5. The van der Waals surface area contributed by atoms with Crippen LogP contribution in [0.3, 0.4) is 0 Å². The van der Waals surface area contributed by atoms with Crippen LogP contribution in [0.2, 0.25) is 5.02 Å². The molecule has 0 saturated carbocycles. The van der Waals surface area contributed by atoms with E-state index in [1.165, 1.54) is 30.5 Å². The third-order valence-electron chi connectivity index (χ3n) is 9.60. The average molecular weight is 861 g/mol. The molecular weight excluding hydrogens is 826 g/mol. The van der Waals surface area contributed by atoms with E-state index in [0.717, 1.165) is 0 Å². The minimum Gasteiger partial charge on any atom is -0.490 e. The summed E-state index contributed by atoms with van der Waals surface area (Å²) in [7, 11) is 0. The highest BCUT2D eigenvalue weighted by atomic mass is 35.5. The molecule has 62 heavy (non-hydrogen) atoms. The highest BCUT2D eigenvalue weighted by Gasteiger charge is 2.23. The lowest BCUT2D eigenvalue weighted by atomic mass is 10.0. The number of hydrogen-bond donors (Lipinski definition) is 2. The number of nitrogens with one attached hydrogen (secondary N) is 2. The molecule has 15 nitrogen and oxygen atoms in total. The third-order valence-corrected chi connectivity index (χ3v) is 9.87. The van der Waals surface area contributed by atoms with Crippen LogP contribution in [-0.2, 0) is 27.2 Å². The van der Waals surface area contributed by atoms with Crippen LogP contribution < -0.4 is 9.47 Å². The summed E-state index contributed by atoms with van der Waals surface area (Å²) in [4.78, 5) is 44.9. The van der Waals surface area contributed by atoms with Gasteiger partial charge in [-0.2, -0.15) is 15.2 Å². The van der Waals surface area contributed by atoms with E-state index in [1.807, 2.05) is 27.7 Å². The second kappa shape index (κ2) is 17.3. The molecule has 0 fully saturated rings. The summed E-state index contributed by atoms with van der Waals surface area (Å²) in [5.74, 6) is -1.43. The molecule has 0 amide bonds. The fourth-order valence-corrected chi connectivity index (χ4v) is 7.09. The molecule has 18 heteroatoms. The first-order valence-electron chi connectivity index (χ1n) is 19.4. The van der Waals surface area contributed by atoms with Gasteiger partial charge in [0.1, 0.15) is 28.5 Å². The van der Waals surface area contributed by atoms with Gasteiger partial charge in [0, 0.05) is 46.1 Å². The Morgan fingerprint density at radius 2 is 1.32 bits per heavy atom. The smallest absolute Gasteiger partial charge is 0.313 e. The van der Waals surface area contributed by atoms with Crippen LogP contribution in [-0.4, -0.2) is 59.4 Å². The molecule has 0 aliphatic carbocycles. The van der Waals surface area contributed by atoms with Gasteiger partial charge in [-0.3, -0.25) is 9.59 Å². The number of nitriles is 1. The number of H-pyrrole nitrogens is 2. The van der Waals surface area contributed by atoms with Crippen molar-refractivity contribution in [2.24, 2.45) is 0 Å². The molecule has 2 N–H and O–H groups in total. The molecule has 0 radical (unpaired) electrons. The van der Waals surface area contributed by atoms with Crippen molar-refractivity contribution in [2.45, 2.75) is 65.6 Å². The number of nitrogens with zero attached hydrogens (tertiary/aromatic N) is 6. The molecule has 0 aliphatic heterocycles. The van der Waals surface area contributed by atoms with Crippen LogP contribution in [0.4, 0.5) is 8.78 Å². The van der Waals surface area contributed by atoms with Gasteiger partial charge in [0.25, 0.3) is 11.8 Å². The summed E-state index contributed by atoms with van der Waals surface area (Å²) in [6.45, 7) is 7.42. The molecule has 0 saturated heterocycles. The first-order valence-corrected chi connectivity index (χ1v) is 19.8. The molecule has 5 heterocycles. The average Bonchev–Trinajstić information content (AvgIpc) is 4.08. The van der Waals surface area contributed by atoms with E-state index in [2.05, 4.69) is 41.3 Å². The summed E-state index contributed by atoms with van der Waals surface area (Å²) in [5, 5.41) is 18.5. The zero-order valence-corrected chi connectivity index (χ0v) is 34.3. The Bertz CT molecular complexity index is 3040. The van der Waals surface area contributed by atoms with Gasteiger partial charge in [0.15, 0.2) is 0 Å². The number of aryl methyl sites for hydroxylation is 2. The van der Waals surface area contributed by atoms with Crippen LogP contribution in [0.25, 0.3) is 67.5 Å². The van der Waals surface area contributed by atoms with Gasteiger partial charge in [-0.05, 0) is 100 Å². The van der Waals surface area contributed by atoms with Crippen molar-refractivity contribution in [1.29, 1.82) is 5.26 Å².